The van der Waals surface area contributed by atoms with Crippen LogP contribution < -0.4 is 5.56 Å². The molecule has 0 radical (unpaired) electrons. The van der Waals surface area contributed by atoms with Gasteiger partial charge < -0.3 is 4.98 Å². The Morgan fingerprint density at radius 3 is 2.75 bits per heavy atom. The highest BCUT2D eigenvalue weighted by Crippen LogP contribution is 2.22. The van der Waals surface area contributed by atoms with Gasteiger partial charge in [0, 0.05) is 16.5 Å². The molecule has 0 amide bonds. The normalized spacial score (nSPS) is 10.8. The summed E-state index contributed by atoms with van der Waals surface area (Å²) in [6.07, 6.45) is 2.15. The first-order chi connectivity index (χ1) is 9.51. The molecule has 0 aliphatic rings. The second-order valence-electron chi connectivity index (χ2n) is 4.44. The summed E-state index contributed by atoms with van der Waals surface area (Å²) in [6.45, 7) is 2.05. The van der Waals surface area contributed by atoms with Gasteiger partial charge in [0.2, 0.25) is 0 Å². The summed E-state index contributed by atoms with van der Waals surface area (Å²) in [5.41, 5.74) is 1.49. The monoisotopic (exact) mass is 374 g/mol. The van der Waals surface area contributed by atoms with Crippen LogP contribution in [0.4, 0.5) is 0 Å². The van der Waals surface area contributed by atoms with Crippen molar-refractivity contribution in [3.63, 3.8) is 0 Å². The van der Waals surface area contributed by atoms with Crippen LogP contribution in [0.25, 0.3) is 0 Å². The molecule has 6 heteroatoms. The van der Waals surface area contributed by atoms with E-state index in [0.29, 0.717) is 26.8 Å². The third kappa shape index (κ3) is 3.62. The molecule has 1 aromatic carbocycles. The highest BCUT2D eigenvalue weighted by molar-refractivity contribution is 9.10. The Balaban J connectivity index is 2.36. The van der Waals surface area contributed by atoms with Crippen LogP contribution >= 0.6 is 39.1 Å². The van der Waals surface area contributed by atoms with E-state index in [2.05, 4.69) is 25.9 Å². The quantitative estimate of drug-likeness (QED) is 0.861. The van der Waals surface area contributed by atoms with E-state index in [9.17, 15) is 4.79 Å². The molecule has 0 bridgehead atoms. The Morgan fingerprint density at radius 2 is 2.10 bits per heavy atom. The maximum Gasteiger partial charge on any atom is 0.265 e. The van der Waals surface area contributed by atoms with E-state index in [1.807, 2.05) is 13.0 Å². The molecule has 1 heterocycles. The average molecular weight is 376 g/mol. The summed E-state index contributed by atoms with van der Waals surface area (Å²) < 4.78 is 0.505. The number of hydrogen-bond acceptors (Lipinski definition) is 2. The van der Waals surface area contributed by atoms with Gasteiger partial charge in [-0.05, 0) is 40.0 Å². The molecule has 0 unspecified atom stereocenters. The molecular formula is C14H13BrCl2N2O. The number of aromatic amines is 1. The number of halogens is 3. The summed E-state index contributed by atoms with van der Waals surface area (Å²) in [6, 6.07) is 5.29. The fraction of sp³-hybridized carbons (Fsp3) is 0.286. The number of rotatable bonds is 4. The zero-order valence-electron chi connectivity index (χ0n) is 10.8. The maximum absolute atomic E-state index is 11.9. The van der Waals surface area contributed by atoms with Crippen molar-refractivity contribution in [3.8, 4) is 0 Å². The molecule has 20 heavy (non-hydrogen) atoms. The van der Waals surface area contributed by atoms with Crippen molar-refractivity contribution < 1.29 is 0 Å². The van der Waals surface area contributed by atoms with Crippen LogP contribution in [0.1, 0.15) is 30.4 Å². The van der Waals surface area contributed by atoms with Crippen molar-refractivity contribution in [2.45, 2.75) is 26.2 Å². The van der Waals surface area contributed by atoms with Crippen LogP contribution in [0.3, 0.4) is 0 Å². The molecule has 106 valence electrons. The smallest absolute Gasteiger partial charge is 0.265 e. The van der Waals surface area contributed by atoms with Crippen LogP contribution in [-0.2, 0) is 12.8 Å². The minimum atomic E-state index is -0.163. The van der Waals surface area contributed by atoms with Gasteiger partial charge >= 0.3 is 0 Å². The topological polar surface area (TPSA) is 45.8 Å². The van der Waals surface area contributed by atoms with Gasteiger partial charge in [0.05, 0.1) is 5.69 Å². The predicted octanol–water partition coefficient (Wildman–Crippen LogP) is 4.38. The summed E-state index contributed by atoms with van der Waals surface area (Å²) in [7, 11) is 0. The molecular weight excluding hydrogens is 363 g/mol. The Labute approximate surface area is 135 Å². The lowest BCUT2D eigenvalue weighted by Crippen LogP contribution is -2.16. The number of aryl methyl sites for hydroxylation is 1. The van der Waals surface area contributed by atoms with E-state index in [1.165, 1.54) is 0 Å². The molecule has 0 spiro atoms. The first-order valence-corrected chi connectivity index (χ1v) is 7.77. The van der Waals surface area contributed by atoms with E-state index in [-0.39, 0.29) is 5.56 Å². The van der Waals surface area contributed by atoms with Crippen molar-refractivity contribution in [1.29, 1.82) is 0 Å². The molecule has 0 atom stereocenters. The highest BCUT2D eigenvalue weighted by Gasteiger charge is 2.10. The zero-order valence-corrected chi connectivity index (χ0v) is 13.9. The lowest BCUT2D eigenvalue weighted by Gasteiger charge is -2.07. The summed E-state index contributed by atoms with van der Waals surface area (Å²) in [4.78, 5) is 19.1. The maximum atomic E-state index is 11.9. The SMILES string of the molecule is CCCc1nc(Cc2ccc(Cl)cc2Cl)[nH]c(=O)c1Br. The first-order valence-electron chi connectivity index (χ1n) is 6.22. The highest BCUT2D eigenvalue weighted by atomic mass is 79.9. The van der Waals surface area contributed by atoms with E-state index in [4.69, 9.17) is 23.2 Å². The van der Waals surface area contributed by atoms with Gasteiger partial charge in [-0.1, -0.05) is 42.6 Å². The second kappa shape index (κ2) is 6.74. The van der Waals surface area contributed by atoms with Gasteiger partial charge in [-0.3, -0.25) is 4.79 Å². The summed E-state index contributed by atoms with van der Waals surface area (Å²) in [5, 5.41) is 1.16. The Bertz CT molecular complexity index is 685. The fourth-order valence-corrected chi connectivity index (χ4v) is 2.75. The number of nitrogens with zero attached hydrogens (tertiary/aromatic N) is 1. The van der Waals surface area contributed by atoms with E-state index < -0.39 is 0 Å². The van der Waals surface area contributed by atoms with E-state index in [1.54, 1.807) is 12.1 Å². The Morgan fingerprint density at radius 1 is 1.35 bits per heavy atom. The lowest BCUT2D eigenvalue weighted by atomic mass is 10.1. The van der Waals surface area contributed by atoms with Crippen molar-refractivity contribution in [3.05, 3.63) is 60.2 Å². The minimum Gasteiger partial charge on any atom is -0.309 e. The third-order valence-corrected chi connectivity index (χ3v) is 4.25. The van der Waals surface area contributed by atoms with Crippen LogP contribution in [0.5, 0.6) is 0 Å². The van der Waals surface area contributed by atoms with Gasteiger partial charge in [0.15, 0.2) is 0 Å². The van der Waals surface area contributed by atoms with Crippen molar-refractivity contribution >= 4 is 39.1 Å². The molecule has 0 saturated carbocycles. The standard InChI is InChI=1S/C14H13BrCl2N2O/c1-2-3-11-13(15)14(20)19-12(18-11)6-8-4-5-9(16)7-10(8)17/h4-5,7H,2-3,6H2,1H3,(H,18,19,20). The van der Waals surface area contributed by atoms with Gasteiger partial charge in [0.1, 0.15) is 10.3 Å². The Hall–Kier alpha value is -0.840. The molecule has 0 saturated heterocycles. The largest absolute Gasteiger partial charge is 0.309 e. The lowest BCUT2D eigenvalue weighted by molar-refractivity contribution is 0.823. The number of benzene rings is 1. The zero-order chi connectivity index (χ0) is 14.7. The number of hydrogen-bond donors (Lipinski definition) is 1. The molecule has 0 aliphatic heterocycles. The Kier molecular flexibility index (Phi) is 5.24. The van der Waals surface area contributed by atoms with Crippen molar-refractivity contribution in [2.24, 2.45) is 0 Å². The minimum absolute atomic E-state index is 0.163. The molecule has 2 aromatic rings. The number of aromatic nitrogens is 2. The van der Waals surface area contributed by atoms with Gasteiger partial charge in [0.25, 0.3) is 5.56 Å². The fourth-order valence-electron chi connectivity index (χ4n) is 1.89. The molecule has 3 nitrogen and oxygen atoms in total. The molecule has 0 fully saturated rings. The first kappa shape index (κ1) is 15.5. The van der Waals surface area contributed by atoms with Gasteiger partial charge in [-0.15, -0.1) is 0 Å². The predicted molar refractivity (Wildman–Crippen MR) is 85.8 cm³/mol. The van der Waals surface area contributed by atoms with Crippen LogP contribution in [0.2, 0.25) is 10.0 Å². The van der Waals surface area contributed by atoms with Crippen molar-refractivity contribution in [2.75, 3.05) is 0 Å². The van der Waals surface area contributed by atoms with E-state index in [0.717, 1.165) is 24.1 Å². The van der Waals surface area contributed by atoms with Crippen molar-refractivity contribution in [1.82, 2.24) is 9.97 Å². The van der Waals surface area contributed by atoms with Crippen LogP contribution in [0, 0.1) is 0 Å². The third-order valence-electron chi connectivity index (χ3n) is 2.84. The van der Waals surface area contributed by atoms with Gasteiger partial charge in [-0.2, -0.15) is 0 Å². The molecule has 1 N–H and O–H groups in total. The summed E-state index contributed by atoms with van der Waals surface area (Å²) >= 11 is 15.3. The van der Waals surface area contributed by atoms with Crippen LogP contribution in [-0.4, -0.2) is 9.97 Å². The van der Waals surface area contributed by atoms with Crippen LogP contribution in [0.15, 0.2) is 27.5 Å². The number of H-pyrrole nitrogens is 1. The molecule has 2 rings (SSSR count). The van der Waals surface area contributed by atoms with Gasteiger partial charge in [-0.25, -0.2) is 4.98 Å². The second-order valence-corrected chi connectivity index (χ2v) is 6.07. The van der Waals surface area contributed by atoms with E-state index >= 15 is 0 Å². The average Bonchev–Trinajstić information content (AvgIpc) is 2.39. The molecule has 0 aliphatic carbocycles. The number of nitrogens with one attached hydrogen (secondary N) is 1. The summed E-state index contributed by atoms with van der Waals surface area (Å²) in [5.74, 6) is 0.603. The molecule has 1 aromatic heterocycles.